The van der Waals surface area contributed by atoms with Crippen molar-refractivity contribution in [2.75, 3.05) is 18.5 Å². The van der Waals surface area contributed by atoms with Crippen molar-refractivity contribution in [3.63, 3.8) is 0 Å². The first-order chi connectivity index (χ1) is 20.2. The van der Waals surface area contributed by atoms with Gasteiger partial charge < -0.3 is 0 Å². The Morgan fingerprint density at radius 2 is 0.659 bits per heavy atom. The maximum absolute atomic E-state index is 12.4. The minimum atomic E-state index is -1.54. The fourth-order valence-corrected chi connectivity index (χ4v) is 9.66. The lowest BCUT2D eigenvalue weighted by molar-refractivity contribution is 0.559. The lowest BCUT2D eigenvalue weighted by atomic mass is 10.1. The van der Waals surface area contributed by atoms with Crippen LogP contribution in [-0.2, 0) is 9.59 Å². The van der Waals surface area contributed by atoms with Crippen LogP contribution in [0.3, 0.4) is 0 Å². The van der Waals surface area contributed by atoms with Crippen LogP contribution in [0.5, 0.6) is 0 Å². The Bertz CT molecular complexity index is 617. The smallest absolute Gasteiger partial charge is 0.120 e. The third-order valence-corrected chi connectivity index (χ3v) is 13.0. The Balaban J connectivity index is 4.26. The monoisotopic (exact) mass is 593 g/mol. The molecule has 0 aliphatic rings. The zero-order chi connectivity index (χ0) is 30.0. The normalized spacial score (nSPS) is 11.5. The van der Waals surface area contributed by atoms with E-state index in [1.54, 1.807) is 6.08 Å². The van der Waals surface area contributed by atoms with Crippen LogP contribution in [0, 0.1) is 0 Å². The van der Waals surface area contributed by atoms with Crippen LogP contribution >= 0.6 is 6.89 Å². The maximum Gasteiger partial charge on any atom is 0.120 e. The molecule has 0 saturated carbocycles. The summed E-state index contributed by atoms with van der Waals surface area (Å²) in [5.41, 5.74) is 2.75. The van der Waals surface area contributed by atoms with Crippen molar-refractivity contribution >= 4 is 18.5 Å². The predicted molar refractivity (Wildman–Crippen MR) is 187 cm³/mol. The van der Waals surface area contributed by atoms with Crippen LogP contribution in [0.1, 0.15) is 206 Å². The molecule has 0 saturated heterocycles. The van der Waals surface area contributed by atoms with E-state index in [2.05, 4.69) is 19.5 Å². The molecule has 0 bridgehead atoms. The topological polar surface area (TPSA) is 34.1 Å². The average Bonchev–Trinajstić information content (AvgIpc) is 2.99. The zero-order valence-electron chi connectivity index (χ0n) is 28.2. The quantitative estimate of drug-likeness (QED) is 0.0423. The number of hydrogen-bond donors (Lipinski definition) is 0. The first-order valence-corrected chi connectivity index (χ1v) is 21.0. The summed E-state index contributed by atoms with van der Waals surface area (Å²) in [5, 5.41) is 0. The van der Waals surface area contributed by atoms with Crippen LogP contribution in [0.2, 0.25) is 0 Å². The maximum atomic E-state index is 12.4. The van der Waals surface area contributed by atoms with E-state index in [1.807, 2.05) is 5.94 Å². The van der Waals surface area contributed by atoms with E-state index in [9.17, 15) is 9.59 Å². The fourth-order valence-electron chi connectivity index (χ4n) is 6.23. The van der Waals surface area contributed by atoms with Crippen molar-refractivity contribution in [1.82, 2.24) is 0 Å². The third kappa shape index (κ3) is 29.3. The van der Waals surface area contributed by atoms with E-state index in [-0.39, 0.29) is 0 Å². The molecule has 0 radical (unpaired) electrons. The summed E-state index contributed by atoms with van der Waals surface area (Å²) in [6, 6.07) is 0. The van der Waals surface area contributed by atoms with Crippen LogP contribution in [0.25, 0.3) is 0 Å². The van der Waals surface area contributed by atoms with E-state index in [0.717, 1.165) is 12.8 Å². The summed E-state index contributed by atoms with van der Waals surface area (Å²) in [6.07, 6.45) is 45.0. The molecular weight excluding hydrogens is 519 g/mol. The molecule has 2 nitrogen and oxygen atoms in total. The van der Waals surface area contributed by atoms with Crippen molar-refractivity contribution in [1.29, 1.82) is 0 Å². The minimum Gasteiger partial charge on any atom is -0.234 e. The third-order valence-electron chi connectivity index (χ3n) is 9.09. The molecule has 0 aromatic carbocycles. The highest BCUT2D eigenvalue weighted by Crippen LogP contribution is 2.48. The zero-order valence-corrected chi connectivity index (χ0v) is 29.1. The molecule has 0 fully saturated rings. The van der Waals surface area contributed by atoms with Crippen LogP contribution in [-0.4, -0.2) is 30.1 Å². The van der Waals surface area contributed by atoms with Crippen molar-refractivity contribution in [2.24, 2.45) is 0 Å². The summed E-state index contributed by atoms with van der Waals surface area (Å²) >= 11 is 0. The number of hydrogen-bond acceptors (Lipinski definition) is 2. The molecule has 0 aromatic rings. The Morgan fingerprint density at radius 1 is 0.390 bits per heavy atom. The van der Waals surface area contributed by atoms with Gasteiger partial charge in [-0.1, -0.05) is 174 Å². The first-order valence-electron chi connectivity index (χ1n) is 18.7. The van der Waals surface area contributed by atoms with Crippen LogP contribution in [0.4, 0.5) is 0 Å². The molecule has 242 valence electrons. The number of allylic oxidation sites excluding steroid dienone is 1. The average molecular weight is 593 g/mol. The molecule has 0 heterocycles. The van der Waals surface area contributed by atoms with Crippen molar-refractivity contribution in [3.05, 3.63) is 6.08 Å². The van der Waals surface area contributed by atoms with Crippen molar-refractivity contribution in [3.8, 4) is 0 Å². The highest BCUT2D eigenvalue weighted by molar-refractivity contribution is 7.74. The van der Waals surface area contributed by atoms with Gasteiger partial charge in [0.05, 0.1) is 0 Å². The molecule has 41 heavy (non-hydrogen) atoms. The Hall–Kier alpha value is -0.540. The van der Waals surface area contributed by atoms with Gasteiger partial charge >= 0.3 is 0 Å². The summed E-state index contributed by atoms with van der Waals surface area (Å²) < 4.78 is 0. The second-order valence-electron chi connectivity index (χ2n) is 13.1. The number of rotatable bonds is 34. The number of unbranched alkanes of at least 4 members (excludes halogenated alkanes) is 27. The van der Waals surface area contributed by atoms with Gasteiger partial charge in [-0.25, -0.2) is 9.59 Å². The summed E-state index contributed by atoms with van der Waals surface area (Å²) in [5.74, 6) is 1.87. The standard InChI is InChI=1S/C38H73O2P/c1-3-5-7-9-11-13-19-23-27-31-35-41(38-40,36-32-28-24-20-14-12-10-8-6-4-2)37-33-29-25-21-17-15-16-18-22-26-30-34-39/h30H,3-29,31-33,35-37H2,1-2H3. The van der Waals surface area contributed by atoms with Gasteiger partial charge in [-0.15, -0.1) is 0 Å². The van der Waals surface area contributed by atoms with E-state index >= 15 is 0 Å². The molecule has 0 aliphatic carbocycles. The minimum absolute atomic E-state index is 0.889. The molecule has 3 heteroatoms. The summed E-state index contributed by atoms with van der Waals surface area (Å²) in [4.78, 5) is 22.7. The molecule has 0 rings (SSSR count). The van der Waals surface area contributed by atoms with Gasteiger partial charge in [-0.05, 0) is 63.6 Å². The predicted octanol–water partition coefficient (Wildman–Crippen LogP) is 13.2. The highest BCUT2D eigenvalue weighted by Gasteiger charge is 2.18. The van der Waals surface area contributed by atoms with Gasteiger partial charge in [0, 0.05) is 0 Å². The fraction of sp³-hybridized carbons (Fsp3) is 0.921. The lowest BCUT2D eigenvalue weighted by Crippen LogP contribution is -2.03. The molecule has 0 aromatic heterocycles. The molecule has 0 aliphatic heterocycles. The molecule has 0 amide bonds. The van der Waals surface area contributed by atoms with Crippen LogP contribution < -0.4 is 0 Å². The van der Waals surface area contributed by atoms with E-state index in [0.29, 0.717) is 0 Å². The molecule has 0 N–H and O–H groups in total. The lowest BCUT2D eigenvalue weighted by Gasteiger charge is -2.22. The van der Waals surface area contributed by atoms with Gasteiger partial charge in [0.25, 0.3) is 0 Å². The van der Waals surface area contributed by atoms with E-state index in [4.69, 9.17) is 0 Å². The SMILES string of the molecule is CCCCCCCCCCCCP(=C=O)(CCCCCCCCCCCC)CCCCCCCCCCCC=C=O. The molecular formula is C38H73O2P. The Morgan fingerprint density at radius 3 is 0.927 bits per heavy atom. The van der Waals surface area contributed by atoms with Gasteiger partial charge in [-0.3, -0.25) is 0 Å². The Kier molecular flexibility index (Phi) is 33.5. The van der Waals surface area contributed by atoms with E-state index < -0.39 is 6.89 Å². The largest absolute Gasteiger partial charge is 0.234 e. The van der Waals surface area contributed by atoms with Gasteiger partial charge in [0.1, 0.15) is 11.6 Å². The van der Waals surface area contributed by atoms with Crippen molar-refractivity contribution < 1.29 is 9.59 Å². The molecule has 0 unspecified atom stereocenters. The summed E-state index contributed by atoms with van der Waals surface area (Å²) in [7, 11) is 0. The summed E-state index contributed by atoms with van der Waals surface area (Å²) in [6.45, 7) is 3.04. The second kappa shape index (κ2) is 34.0. The molecule has 0 atom stereocenters. The first kappa shape index (κ1) is 40.5. The van der Waals surface area contributed by atoms with Gasteiger partial charge in [-0.2, -0.15) is 0 Å². The van der Waals surface area contributed by atoms with Crippen LogP contribution in [0.15, 0.2) is 6.08 Å². The van der Waals surface area contributed by atoms with E-state index in [1.165, 1.54) is 198 Å². The molecule has 0 spiro atoms. The van der Waals surface area contributed by atoms with Gasteiger partial charge in [0.15, 0.2) is 0 Å². The second-order valence-corrected chi connectivity index (χ2v) is 16.9. The van der Waals surface area contributed by atoms with Gasteiger partial charge in [0.2, 0.25) is 0 Å². The van der Waals surface area contributed by atoms with Crippen molar-refractivity contribution in [2.45, 2.75) is 206 Å². The Labute approximate surface area is 258 Å². The number of carbonyl (C=O) groups excluding carboxylic acids is 2. The highest BCUT2D eigenvalue weighted by atomic mass is 31.2.